The molecule has 0 atom stereocenters. The van der Waals surface area contributed by atoms with Crippen molar-refractivity contribution in [3.8, 4) is 5.75 Å². The predicted molar refractivity (Wildman–Crippen MR) is 153 cm³/mol. The first kappa shape index (κ1) is 27.1. The van der Waals surface area contributed by atoms with Crippen molar-refractivity contribution < 1.29 is 13.9 Å². The Bertz CT molecular complexity index is 1460. The number of nitrogens with zero attached hydrogens (tertiary/aromatic N) is 2. The van der Waals surface area contributed by atoms with E-state index < -0.39 is 5.82 Å². The number of likely N-dealkylation sites (tertiary alicyclic amines) is 1. The summed E-state index contributed by atoms with van der Waals surface area (Å²) in [6.45, 7) is 3.25. The molecule has 5 nitrogen and oxygen atoms in total. The lowest BCUT2D eigenvalue weighted by atomic mass is 10.1. The Balaban J connectivity index is 1.24. The first-order valence-electron chi connectivity index (χ1n) is 12.9. The van der Waals surface area contributed by atoms with Gasteiger partial charge in [-0.1, -0.05) is 47.5 Å². The minimum absolute atomic E-state index is 0.0321. The highest BCUT2D eigenvalue weighted by Crippen LogP contribution is 2.27. The fourth-order valence-electron chi connectivity index (χ4n) is 4.61. The van der Waals surface area contributed by atoms with Crippen molar-refractivity contribution >= 4 is 34.8 Å². The Kier molecular flexibility index (Phi) is 8.77. The zero-order chi connectivity index (χ0) is 27.2. The van der Waals surface area contributed by atoms with Gasteiger partial charge in [-0.25, -0.2) is 9.37 Å². The summed E-state index contributed by atoms with van der Waals surface area (Å²) in [7, 11) is 0. The maximum absolute atomic E-state index is 14.2. The van der Waals surface area contributed by atoms with Crippen LogP contribution in [0.3, 0.4) is 0 Å². The second-order valence-electron chi connectivity index (χ2n) is 9.60. The standard InChI is InChI=1S/C31H28Cl2FN3O2/c32-24-10-13-30(39-20-22-8-9-25(33)18-28(22)34)23(16-24)17-27-4-3-5-29(35-27)31(38)36-26-11-6-21(7-12-26)19-37-14-1-2-15-37/h3-13,16,18H,1-2,14-15,17,19-20H2,(H,36,38). The van der Waals surface area contributed by atoms with E-state index in [0.717, 1.165) is 30.9 Å². The molecular weight excluding hydrogens is 536 g/mol. The van der Waals surface area contributed by atoms with Gasteiger partial charge in [0.05, 0.1) is 0 Å². The molecular formula is C31H28Cl2FN3O2. The number of carbonyl (C=O) groups excluding carboxylic acids is 1. The van der Waals surface area contributed by atoms with Crippen LogP contribution in [0.4, 0.5) is 10.1 Å². The normalized spacial score (nSPS) is 13.4. The molecule has 200 valence electrons. The minimum Gasteiger partial charge on any atom is -0.489 e. The first-order valence-corrected chi connectivity index (χ1v) is 13.6. The molecule has 1 aliphatic rings. The van der Waals surface area contributed by atoms with Crippen LogP contribution in [0, 0.1) is 5.82 Å². The summed E-state index contributed by atoms with van der Waals surface area (Å²) in [4.78, 5) is 20.0. The summed E-state index contributed by atoms with van der Waals surface area (Å²) in [6.07, 6.45) is 2.90. The maximum Gasteiger partial charge on any atom is 0.274 e. The molecule has 5 rings (SSSR count). The fourth-order valence-corrected chi connectivity index (χ4v) is 4.96. The van der Waals surface area contributed by atoms with Crippen molar-refractivity contribution in [3.05, 3.63) is 123 Å². The lowest BCUT2D eigenvalue weighted by molar-refractivity contribution is 0.102. The zero-order valence-electron chi connectivity index (χ0n) is 21.3. The summed E-state index contributed by atoms with van der Waals surface area (Å²) in [5, 5.41) is 3.80. The van der Waals surface area contributed by atoms with E-state index in [9.17, 15) is 9.18 Å². The second-order valence-corrected chi connectivity index (χ2v) is 10.5. The molecule has 1 amide bonds. The number of amides is 1. The average molecular weight is 564 g/mol. The van der Waals surface area contributed by atoms with Crippen molar-refractivity contribution in [1.29, 1.82) is 0 Å². The Hall–Kier alpha value is -3.45. The van der Waals surface area contributed by atoms with Gasteiger partial charge in [0.15, 0.2) is 0 Å². The molecule has 0 saturated carbocycles. The van der Waals surface area contributed by atoms with Gasteiger partial charge in [-0.15, -0.1) is 0 Å². The van der Waals surface area contributed by atoms with Crippen LogP contribution in [0.1, 0.15) is 45.7 Å². The summed E-state index contributed by atoms with van der Waals surface area (Å²) >= 11 is 12.1. The maximum atomic E-state index is 14.2. The highest BCUT2D eigenvalue weighted by Gasteiger charge is 2.14. The van der Waals surface area contributed by atoms with E-state index in [-0.39, 0.29) is 12.5 Å². The van der Waals surface area contributed by atoms with Crippen molar-refractivity contribution in [3.63, 3.8) is 0 Å². The third kappa shape index (κ3) is 7.35. The largest absolute Gasteiger partial charge is 0.489 e. The van der Waals surface area contributed by atoms with Crippen LogP contribution in [-0.4, -0.2) is 28.9 Å². The van der Waals surface area contributed by atoms with E-state index in [1.165, 1.54) is 24.5 Å². The molecule has 1 N–H and O–H groups in total. The number of anilines is 1. The van der Waals surface area contributed by atoms with E-state index in [1.807, 2.05) is 30.3 Å². The van der Waals surface area contributed by atoms with Gasteiger partial charge in [0.2, 0.25) is 0 Å². The van der Waals surface area contributed by atoms with Crippen molar-refractivity contribution in [2.24, 2.45) is 0 Å². The van der Waals surface area contributed by atoms with Crippen LogP contribution in [0.2, 0.25) is 10.0 Å². The smallest absolute Gasteiger partial charge is 0.274 e. The molecule has 1 aromatic heterocycles. The molecule has 1 fully saturated rings. The van der Waals surface area contributed by atoms with Crippen LogP contribution >= 0.6 is 23.2 Å². The predicted octanol–water partition coefficient (Wildman–Crippen LogP) is 7.55. The molecule has 0 aliphatic carbocycles. The van der Waals surface area contributed by atoms with Gasteiger partial charge in [-0.05, 0) is 86.1 Å². The number of carbonyl (C=O) groups is 1. The van der Waals surface area contributed by atoms with Crippen LogP contribution in [0.25, 0.3) is 0 Å². The van der Waals surface area contributed by atoms with E-state index in [0.29, 0.717) is 39.2 Å². The summed E-state index contributed by atoms with van der Waals surface area (Å²) < 4.78 is 20.1. The van der Waals surface area contributed by atoms with E-state index >= 15 is 0 Å². The van der Waals surface area contributed by atoms with Crippen LogP contribution < -0.4 is 10.1 Å². The van der Waals surface area contributed by atoms with E-state index in [2.05, 4.69) is 15.2 Å². The summed E-state index contributed by atoms with van der Waals surface area (Å²) in [5.74, 6) is -0.163. The van der Waals surface area contributed by atoms with E-state index in [1.54, 1.807) is 42.5 Å². The third-order valence-corrected chi connectivity index (χ3v) is 7.12. The lowest BCUT2D eigenvalue weighted by Crippen LogP contribution is -2.18. The number of halogens is 3. The third-order valence-electron chi connectivity index (χ3n) is 6.65. The second kappa shape index (κ2) is 12.6. The monoisotopic (exact) mass is 563 g/mol. The molecule has 1 saturated heterocycles. The molecule has 0 radical (unpaired) electrons. The number of benzene rings is 3. The van der Waals surface area contributed by atoms with Crippen molar-refractivity contribution in [2.45, 2.75) is 32.4 Å². The summed E-state index contributed by atoms with van der Waals surface area (Å²) in [5.41, 5.74) is 4.09. The Labute approximate surface area is 237 Å². The van der Waals surface area contributed by atoms with Crippen LogP contribution in [0.15, 0.2) is 78.9 Å². The number of aromatic nitrogens is 1. The average Bonchev–Trinajstić information content (AvgIpc) is 3.43. The quantitative estimate of drug-likeness (QED) is 0.228. The molecule has 0 bridgehead atoms. The lowest BCUT2D eigenvalue weighted by Gasteiger charge is -2.15. The van der Waals surface area contributed by atoms with Crippen LogP contribution in [-0.2, 0) is 19.6 Å². The topological polar surface area (TPSA) is 54.5 Å². The number of ether oxygens (including phenoxy) is 1. The van der Waals surface area contributed by atoms with Crippen molar-refractivity contribution in [1.82, 2.24) is 9.88 Å². The molecule has 8 heteroatoms. The Morgan fingerprint density at radius 2 is 1.67 bits per heavy atom. The highest BCUT2D eigenvalue weighted by atomic mass is 35.5. The number of rotatable bonds is 9. The van der Waals surface area contributed by atoms with Crippen molar-refractivity contribution in [2.75, 3.05) is 18.4 Å². The highest BCUT2D eigenvalue weighted by molar-refractivity contribution is 6.30. The van der Waals surface area contributed by atoms with Gasteiger partial charge in [-0.3, -0.25) is 9.69 Å². The Morgan fingerprint density at radius 1 is 0.923 bits per heavy atom. The summed E-state index contributed by atoms with van der Waals surface area (Å²) in [6, 6.07) is 23.0. The minimum atomic E-state index is -0.431. The number of pyridine rings is 1. The van der Waals surface area contributed by atoms with Crippen LogP contribution in [0.5, 0.6) is 5.75 Å². The molecule has 0 spiro atoms. The van der Waals surface area contributed by atoms with Gasteiger partial charge in [0, 0.05) is 45.5 Å². The molecule has 4 aromatic rings. The molecule has 0 unspecified atom stereocenters. The van der Waals surface area contributed by atoms with Gasteiger partial charge >= 0.3 is 0 Å². The molecule has 1 aliphatic heterocycles. The first-order chi connectivity index (χ1) is 18.9. The van der Waals surface area contributed by atoms with Gasteiger partial charge in [0.1, 0.15) is 23.9 Å². The molecule has 3 aromatic carbocycles. The van der Waals surface area contributed by atoms with Gasteiger partial charge in [0.25, 0.3) is 5.91 Å². The fraction of sp³-hybridized carbons (Fsp3) is 0.226. The van der Waals surface area contributed by atoms with Gasteiger partial charge < -0.3 is 10.1 Å². The van der Waals surface area contributed by atoms with E-state index in [4.69, 9.17) is 27.9 Å². The molecule has 2 heterocycles. The SMILES string of the molecule is O=C(Nc1ccc(CN2CCCC2)cc1)c1cccc(Cc2cc(Cl)ccc2OCc2ccc(Cl)cc2F)n1. The molecule has 39 heavy (non-hydrogen) atoms. The van der Waals surface area contributed by atoms with Gasteiger partial charge in [-0.2, -0.15) is 0 Å². The number of hydrogen-bond acceptors (Lipinski definition) is 4. The Morgan fingerprint density at radius 3 is 2.44 bits per heavy atom. The zero-order valence-corrected chi connectivity index (χ0v) is 22.8. The number of hydrogen-bond donors (Lipinski definition) is 1. The number of nitrogens with one attached hydrogen (secondary N) is 1.